The van der Waals surface area contributed by atoms with Crippen LogP contribution in [0.2, 0.25) is 0 Å². The highest BCUT2D eigenvalue weighted by atomic mass is 127. The second kappa shape index (κ2) is 14.6. The molecule has 1 amide bonds. The van der Waals surface area contributed by atoms with Crippen molar-refractivity contribution < 1.29 is 4.79 Å². The molecule has 1 rings (SSSR count). The largest absolute Gasteiger partial charge is 0.357 e. The first-order valence-electron chi connectivity index (χ1n) is 9.61. The molecule has 7 heteroatoms. The van der Waals surface area contributed by atoms with E-state index in [2.05, 4.69) is 17.1 Å². The molecule has 148 valence electrons. The summed E-state index contributed by atoms with van der Waals surface area (Å²) < 4.78 is 0. The van der Waals surface area contributed by atoms with E-state index < -0.39 is 0 Å². The summed E-state index contributed by atoms with van der Waals surface area (Å²) in [6, 6.07) is 0. The van der Waals surface area contributed by atoms with E-state index in [1.165, 1.54) is 38.8 Å². The Morgan fingerprint density at radius 3 is 2.20 bits per heavy atom. The van der Waals surface area contributed by atoms with Gasteiger partial charge in [0.1, 0.15) is 0 Å². The summed E-state index contributed by atoms with van der Waals surface area (Å²) in [6.45, 7) is 13.0. The Morgan fingerprint density at radius 2 is 1.68 bits per heavy atom. The van der Waals surface area contributed by atoms with Crippen molar-refractivity contribution >= 4 is 35.8 Å². The van der Waals surface area contributed by atoms with Gasteiger partial charge in [0, 0.05) is 33.2 Å². The van der Waals surface area contributed by atoms with Gasteiger partial charge in [0.05, 0.1) is 13.1 Å². The van der Waals surface area contributed by atoms with Crippen molar-refractivity contribution in [2.75, 3.05) is 59.4 Å². The fourth-order valence-electron chi connectivity index (χ4n) is 3.08. The molecule has 0 aromatic rings. The number of halogens is 1. The summed E-state index contributed by atoms with van der Waals surface area (Å²) in [7, 11) is 1.94. The third kappa shape index (κ3) is 9.63. The Kier molecular flexibility index (Phi) is 14.3. The van der Waals surface area contributed by atoms with Crippen molar-refractivity contribution in [1.29, 1.82) is 0 Å². The van der Waals surface area contributed by atoms with Crippen LogP contribution in [0.4, 0.5) is 0 Å². The number of likely N-dealkylation sites (tertiary alicyclic amines) is 1. The number of carbonyl (C=O) groups is 1. The van der Waals surface area contributed by atoms with Crippen LogP contribution in [-0.2, 0) is 4.79 Å². The summed E-state index contributed by atoms with van der Waals surface area (Å²) in [5.74, 6) is 0.980. The van der Waals surface area contributed by atoms with Crippen molar-refractivity contribution in [3.05, 3.63) is 0 Å². The van der Waals surface area contributed by atoms with Gasteiger partial charge in [-0.05, 0) is 46.7 Å². The van der Waals surface area contributed by atoms with E-state index in [0.29, 0.717) is 6.54 Å². The van der Waals surface area contributed by atoms with Crippen molar-refractivity contribution in [2.45, 2.75) is 46.5 Å². The maximum atomic E-state index is 12.3. The van der Waals surface area contributed by atoms with Gasteiger partial charge in [-0.3, -0.25) is 9.79 Å². The minimum Gasteiger partial charge on any atom is -0.357 e. The Bertz CT molecular complexity index is 380. The molecule has 0 spiro atoms. The predicted octanol–water partition coefficient (Wildman–Crippen LogP) is 2.25. The molecule has 1 fully saturated rings. The van der Waals surface area contributed by atoms with Crippen LogP contribution in [0.1, 0.15) is 46.5 Å². The SMILES string of the molecule is CCNC(=NCCN1CCCCCC1)N(C)CC(=O)N(CC)CC.I. The van der Waals surface area contributed by atoms with Crippen molar-refractivity contribution in [1.82, 2.24) is 20.0 Å². The molecule has 0 atom stereocenters. The first-order chi connectivity index (χ1) is 11.6. The lowest BCUT2D eigenvalue weighted by atomic mass is 10.2. The lowest BCUT2D eigenvalue weighted by molar-refractivity contribution is -0.131. The number of guanidine groups is 1. The summed E-state index contributed by atoms with van der Waals surface area (Å²) in [5.41, 5.74) is 0. The number of hydrogen-bond donors (Lipinski definition) is 1. The van der Waals surface area contributed by atoms with Crippen LogP contribution in [0.3, 0.4) is 0 Å². The van der Waals surface area contributed by atoms with Crippen molar-refractivity contribution in [3.8, 4) is 0 Å². The number of amides is 1. The molecule has 1 saturated heterocycles. The van der Waals surface area contributed by atoms with Crippen LogP contribution in [0.25, 0.3) is 0 Å². The molecule has 0 aliphatic carbocycles. The highest BCUT2D eigenvalue weighted by molar-refractivity contribution is 14.0. The number of likely N-dealkylation sites (N-methyl/N-ethyl adjacent to an activating group) is 2. The van der Waals surface area contributed by atoms with E-state index >= 15 is 0 Å². The van der Waals surface area contributed by atoms with Gasteiger partial charge in [-0.2, -0.15) is 0 Å². The summed E-state index contributed by atoms with van der Waals surface area (Å²) >= 11 is 0. The minimum atomic E-state index is 0. The van der Waals surface area contributed by atoms with E-state index in [1.807, 2.05) is 30.7 Å². The summed E-state index contributed by atoms with van der Waals surface area (Å²) in [4.78, 5) is 23.3. The first kappa shape index (κ1) is 24.4. The molecule has 6 nitrogen and oxygen atoms in total. The van der Waals surface area contributed by atoms with Gasteiger partial charge in [-0.25, -0.2) is 0 Å². The zero-order valence-electron chi connectivity index (χ0n) is 16.6. The highest BCUT2D eigenvalue weighted by Crippen LogP contribution is 2.08. The van der Waals surface area contributed by atoms with Gasteiger partial charge < -0.3 is 20.0 Å². The Hall–Kier alpha value is -0.570. The Balaban J connectivity index is 0.00000576. The zero-order valence-corrected chi connectivity index (χ0v) is 18.9. The molecule has 1 aliphatic rings. The molecule has 25 heavy (non-hydrogen) atoms. The van der Waals surface area contributed by atoms with Crippen LogP contribution in [0.5, 0.6) is 0 Å². The van der Waals surface area contributed by atoms with Crippen LogP contribution in [0, 0.1) is 0 Å². The van der Waals surface area contributed by atoms with Crippen LogP contribution in [-0.4, -0.2) is 86.0 Å². The lowest BCUT2D eigenvalue weighted by Crippen LogP contribution is -2.46. The smallest absolute Gasteiger partial charge is 0.242 e. The van der Waals surface area contributed by atoms with Crippen molar-refractivity contribution in [3.63, 3.8) is 0 Å². The number of nitrogens with zero attached hydrogens (tertiary/aromatic N) is 4. The second-order valence-electron chi connectivity index (χ2n) is 6.41. The third-order valence-electron chi connectivity index (χ3n) is 4.56. The van der Waals surface area contributed by atoms with Gasteiger partial charge in [0.25, 0.3) is 0 Å². The molecular weight excluding hydrogens is 429 g/mol. The van der Waals surface area contributed by atoms with Gasteiger partial charge in [-0.15, -0.1) is 24.0 Å². The zero-order chi connectivity index (χ0) is 17.8. The number of carbonyl (C=O) groups excluding carboxylic acids is 1. The summed E-state index contributed by atoms with van der Waals surface area (Å²) in [6.07, 6.45) is 5.33. The monoisotopic (exact) mass is 467 g/mol. The topological polar surface area (TPSA) is 51.2 Å². The normalized spacial score (nSPS) is 15.9. The average Bonchev–Trinajstić information content (AvgIpc) is 2.84. The number of hydrogen-bond acceptors (Lipinski definition) is 3. The first-order valence-corrected chi connectivity index (χ1v) is 9.61. The fourth-order valence-corrected chi connectivity index (χ4v) is 3.08. The average molecular weight is 467 g/mol. The van der Waals surface area contributed by atoms with Gasteiger partial charge in [0.15, 0.2) is 5.96 Å². The molecule has 0 unspecified atom stereocenters. The van der Waals surface area contributed by atoms with E-state index in [1.54, 1.807) is 0 Å². The third-order valence-corrected chi connectivity index (χ3v) is 4.56. The van der Waals surface area contributed by atoms with Crippen LogP contribution < -0.4 is 5.32 Å². The van der Waals surface area contributed by atoms with Gasteiger partial charge in [0.2, 0.25) is 5.91 Å². The van der Waals surface area contributed by atoms with Crippen LogP contribution >= 0.6 is 24.0 Å². The maximum Gasteiger partial charge on any atom is 0.242 e. The molecule has 1 N–H and O–H groups in total. The molecule has 0 aromatic heterocycles. The number of aliphatic imine (C=N–C) groups is 1. The standard InChI is InChI=1S/C18H37N5O.HI/c1-5-19-18(21(4)16-17(24)23(6-2)7-3)20-12-15-22-13-10-8-9-11-14-22;/h5-16H2,1-4H3,(H,19,20);1H. The summed E-state index contributed by atoms with van der Waals surface area (Å²) in [5, 5.41) is 3.30. The van der Waals surface area contributed by atoms with Gasteiger partial charge >= 0.3 is 0 Å². The van der Waals surface area contributed by atoms with Gasteiger partial charge in [-0.1, -0.05) is 12.8 Å². The minimum absolute atomic E-state index is 0. The molecule has 1 heterocycles. The number of nitrogens with one attached hydrogen (secondary N) is 1. The van der Waals surface area contributed by atoms with Crippen LogP contribution in [0.15, 0.2) is 4.99 Å². The molecule has 1 aliphatic heterocycles. The van der Waals surface area contributed by atoms with E-state index in [0.717, 1.165) is 38.7 Å². The number of rotatable bonds is 8. The molecule has 0 radical (unpaired) electrons. The van der Waals surface area contributed by atoms with E-state index in [9.17, 15) is 4.79 Å². The highest BCUT2D eigenvalue weighted by Gasteiger charge is 2.15. The lowest BCUT2D eigenvalue weighted by Gasteiger charge is -2.26. The second-order valence-corrected chi connectivity index (χ2v) is 6.41. The predicted molar refractivity (Wildman–Crippen MR) is 117 cm³/mol. The quantitative estimate of drug-likeness (QED) is 0.338. The molecular formula is C18H38IN5O. The maximum absolute atomic E-state index is 12.3. The fraction of sp³-hybridized carbons (Fsp3) is 0.889. The molecule has 0 aromatic carbocycles. The Labute approximate surface area is 171 Å². The van der Waals surface area contributed by atoms with E-state index in [-0.39, 0.29) is 29.9 Å². The molecule has 0 bridgehead atoms. The van der Waals surface area contributed by atoms with E-state index in [4.69, 9.17) is 4.99 Å². The van der Waals surface area contributed by atoms with Crippen molar-refractivity contribution in [2.24, 2.45) is 4.99 Å². The molecule has 0 saturated carbocycles. The Morgan fingerprint density at radius 1 is 1.08 bits per heavy atom.